The van der Waals surface area contributed by atoms with Gasteiger partial charge < -0.3 is 40.2 Å². The smallest absolute Gasteiger partial charge is 0.410 e. The standard InChI is InChI=1S/C32H36N6O7/c1-43-29-24-11-5-6-12-25(24)36-30(29)37-26(31(40)41)17-35-28(39)20-44-23-15-22(16-34-27-13-7-8-14-33-27)38(18-23)32(42)45-19-21-9-3-2-4-10-21/h2-14,22-23,26,29H,15-20H2,1H3,(H,33,34)(H,35,39)(H,36,37)(H,40,41). The molecule has 3 aromatic rings. The minimum Gasteiger partial charge on any atom is -0.480 e. The predicted octanol–water partition coefficient (Wildman–Crippen LogP) is 3.07. The number of nitrogens with one attached hydrogen (secondary N) is 3. The average molecular weight is 617 g/mol. The number of carbonyl (C=O) groups excluding carboxylic acids is 2. The summed E-state index contributed by atoms with van der Waals surface area (Å²) in [5.74, 6) is -0.670. The van der Waals surface area contributed by atoms with Gasteiger partial charge in [0.1, 0.15) is 31.0 Å². The van der Waals surface area contributed by atoms with Crippen molar-refractivity contribution in [3.8, 4) is 0 Å². The molecule has 1 fully saturated rings. The van der Waals surface area contributed by atoms with Gasteiger partial charge in [0, 0.05) is 31.1 Å². The summed E-state index contributed by atoms with van der Waals surface area (Å²) in [5, 5.41) is 18.7. The number of nitrogens with zero attached hydrogens (tertiary/aromatic N) is 3. The maximum atomic E-state index is 13.1. The molecule has 4 unspecified atom stereocenters. The Morgan fingerprint density at radius 2 is 1.87 bits per heavy atom. The van der Waals surface area contributed by atoms with Crippen LogP contribution in [0.25, 0.3) is 0 Å². The highest BCUT2D eigenvalue weighted by Gasteiger charge is 2.37. The molecule has 3 heterocycles. The molecule has 5 rings (SSSR count). The van der Waals surface area contributed by atoms with E-state index in [1.165, 1.54) is 7.11 Å². The van der Waals surface area contributed by atoms with Crippen molar-refractivity contribution in [3.63, 3.8) is 0 Å². The molecule has 13 nitrogen and oxygen atoms in total. The molecule has 2 aliphatic heterocycles. The number of carboxylic acids is 1. The number of carbonyl (C=O) groups is 3. The van der Waals surface area contributed by atoms with E-state index in [1.807, 2.05) is 72.8 Å². The Balaban J connectivity index is 1.14. The fourth-order valence-corrected chi connectivity index (χ4v) is 5.24. The van der Waals surface area contributed by atoms with Crippen LogP contribution in [0.15, 0.2) is 84.0 Å². The number of fused-ring (bicyclic) bond motifs is 1. The lowest BCUT2D eigenvalue weighted by Gasteiger charge is -2.24. The molecule has 1 aromatic heterocycles. The summed E-state index contributed by atoms with van der Waals surface area (Å²) in [6, 6.07) is 20.8. The first kappa shape index (κ1) is 31.4. The number of methoxy groups -OCH3 is 1. The minimum absolute atomic E-state index is 0.131. The quantitative estimate of drug-likeness (QED) is 0.224. The van der Waals surface area contributed by atoms with Gasteiger partial charge in [0.2, 0.25) is 5.91 Å². The molecule has 0 aliphatic carbocycles. The number of likely N-dealkylation sites (tertiary alicyclic amines) is 1. The monoisotopic (exact) mass is 616 g/mol. The summed E-state index contributed by atoms with van der Waals surface area (Å²) in [6.07, 6.45) is 0.682. The first-order chi connectivity index (χ1) is 21.9. The van der Waals surface area contributed by atoms with Crippen LogP contribution in [0.4, 0.5) is 16.3 Å². The van der Waals surface area contributed by atoms with Crippen molar-refractivity contribution < 1.29 is 33.7 Å². The van der Waals surface area contributed by atoms with Gasteiger partial charge in [0.15, 0.2) is 6.04 Å². The molecule has 0 radical (unpaired) electrons. The number of para-hydroxylation sites is 1. The second kappa shape index (κ2) is 15.1. The van der Waals surface area contributed by atoms with E-state index in [1.54, 1.807) is 11.1 Å². The van der Waals surface area contributed by atoms with Crippen molar-refractivity contribution in [2.45, 2.75) is 37.3 Å². The number of carboxylic acid groups (broad SMARTS) is 1. The zero-order valence-corrected chi connectivity index (χ0v) is 24.8. The van der Waals surface area contributed by atoms with Gasteiger partial charge in [-0.05, 0) is 30.2 Å². The Bertz CT molecular complexity index is 1490. The lowest BCUT2D eigenvalue weighted by molar-refractivity contribution is -0.138. The zero-order chi connectivity index (χ0) is 31.6. The maximum absolute atomic E-state index is 13.1. The highest BCUT2D eigenvalue weighted by Crippen LogP contribution is 2.33. The molecule has 4 atom stereocenters. The largest absolute Gasteiger partial charge is 0.480 e. The Labute approximate surface area is 260 Å². The van der Waals surface area contributed by atoms with E-state index >= 15 is 0 Å². The van der Waals surface area contributed by atoms with Gasteiger partial charge >= 0.3 is 12.1 Å². The van der Waals surface area contributed by atoms with Crippen LogP contribution in [-0.2, 0) is 30.4 Å². The number of aliphatic imine (C=N–C) groups is 1. The third-order valence-corrected chi connectivity index (χ3v) is 7.51. The van der Waals surface area contributed by atoms with E-state index in [-0.39, 0.29) is 32.3 Å². The summed E-state index contributed by atoms with van der Waals surface area (Å²) in [6.45, 7) is 0.210. The van der Waals surface area contributed by atoms with Gasteiger partial charge in [-0.25, -0.2) is 14.6 Å². The lowest BCUT2D eigenvalue weighted by atomic mass is 10.1. The Hall–Kier alpha value is -5.01. The van der Waals surface area contributed by atoms with Gasteiger partial charge in [-0.1, -0.05) is 54.6 Å². The SMILES string of the molecule is COC1C(=NC(CNC(=O)COC2CC(CNc3ccccn3)N(C(=O)OCc3ccccc3)C2)C(=O)O)Nc2ccccc21. The zero-order valence-electron chi connectivity index (χ0n) is 24.8. The molecule has 0 saturated carbocycles. The van der Waals surface area contributed by atoms with Gasteiger partial charge in [0.05, 0.1) is 25.2 Å². The summed E-state index contributed by atoms with van der Waals surface area (Å²) in [7, 11) is 1.52. The van der Waals surface area contributed by atoms with Crippen molar-refractivity contribution in [1.82, 2.24) is 15.2 Å². The number of hydrogen-bond donors (Lipinski definition) is 4. The molecule has 13 heteroatoms. The molecule has 45 heavy (non-hydrogen) atoms. The van der Waals surface area contributed by atoms with Crippen LogP contribution in [-0.4, -0.2) is 90.3 Å². The van der Waals surface area contributed by atoms with Crippen LogP contribution >= 0.6 is 0 Å². The van der Waals surface area contributed by atoms with Crippen molar-refractivity contribution in [2.24, 2.45) is 4.99 Å². The molecule has 236 valence electrons. The number of benzene rings is 2. The molecule has 0 bridgehead atoms. The number of aromatic nitrogens is 1. The summed E-state index contributed by atoms with van der Waals surface area (Å²) in [5.41, 5.74) is 2.50. The van der Waals surface area contributed by atoms with Crippen molar-refractivity contribution in [2.75, 3.05) is 44.0 Å². The molecule has 4 N–H and O–H groups in total. The molecule has 2 aromatic carbocycles. The minimum atomic E-state index is -1.24. The first-order valence-electron chi connectivity index (χ1n) is 14.6. The van der Waals surface area contributed by atoms with Crippen molar-refractivity contribution >= 4 is 35.3 Å². The lowest BCUT2D eigenvalue weighted by Crippen LogP contribution is -2.40. The highest BCUT2D eigenvalue weighted by atomic mass is 16.6. The Kier molecular flexibility index (Phi) is 10.6. The second-order valence-electron chi connectivity index (χ2n) is 10.6. The predicted molar refractivity (Wildman–Crippen MR) is 166 cm³/mol. The summed E-state index contributed by atoms with van der Waals surface area (Å²) < 4.78 is 17.0. The van der Waals surface area contributed by atoms with E-state index in [9.17, 15) is 19.5 Å². The molecule has 2 amide bonds. The number of aliphatic carboxylic acids is 1. The molecule has 2 aliphatic rings. The third kappa shape index (κ3) is 8.34. The van der Waals surface area contributed by atoms with E-state index in [0.717, 1.165) is 16.8 Å². The summed E-state index contributed by atoms with van der Waals surface area (Å²) >= 11 is 0. The number of hydrogen-bond acceptors (Lipinski definition) is 9. The van der Waals surface area contributed by atoms with Crippen LogP contribution in [0, 0.1) is 0 Å². The van der Waals surface area contributed by atoms with E-state index in [2.05, 4.69) is 25.9 Å². The van der Waals surface area contributed by atoms with Crippen molar-refractivity contribution in [3.05, 3.63) is 90.1 Å². The fraction of sp³-hybridized carbons (Fsp3) is 0.344. The maximum Gasteiger partial charge on any atom is 0.410 e. The van der Waals surface area contributed by atoms with Crippen LogP contribution < -0.4 is 16.0 Å². The van der Waals surface area contributed by atoms with Crippen LogP contribution in [0.1, 0.15) is 23.7 Å². The number of rotatable bonds is 13. The number of ether oxygens (including phenoxy) is 3. The van der Waals surface area contributed by atoms with E-state index in [0.29, 0.717) is 24.6 Å². The highest BCUT2D eigenvalue weighted by molar-refractivity contribution is 6.06. The molecule has 0 spiro atoms. The van der Waals surface area contributed by atoms with Gasteiger partial charge in [-0.2, -0.15) is 0 Å². The van der Waals surface area contributed by atoms with Gasteiger partial charge in [-0.3, -0.25) is 9.79 Å². The average Bonchev–Trinajstić information content (AvgIpc) is 3.65. The first-order valence-corrected chi connectivity index (χ1v) is 14.6. The van der Waals surface area contributed by atoms with Gasteiger partial charge in [0.25, 0.3) is 0 Å². The van der Waals surface area contributed by atoms with Crippen molar-refractivity contribution in [1.29, 1.82) is 0 Å². The number of anilines is 2. The van der Waals surface area contributed by atoms with Crippen LogP contribution in [0.3, 0.4) is 0 Å². The fourth-order valence-electron chi connectivity index (χ4n) is 5.24. The third-order valence-electron chi connectivity index (χ3n) is 7.51. The van der Waals surface area contributed by atoms with E-state index < -0.39 is 36.2 Å². The normalized spacial score (nSPS) is 20.2. The second-order valence-corrected chi connectivity index (χ2v) is 10.6. The van der Waals surface area contributed by atoms with Crippen LogP contribution in [0.5, 0.6) is 0 Å². The van der Waals surface area contributed by atoms with Crippen LogP contribution in [0.2, 0.25) is 0 Å². The summed E-state index contributed by atoms with van der Waals surface area (Å²) in [4.78, 5) is 47.9. The number of amidine groups is 1. The topological polar surface area (TPSA) is 164 Å². The number of amides is 2. The number of pyridine rings is 1. The van der Waals surface area contributed by atoms with E-state index in [4.69, 9.17) is 14.2 Å². The molecular formula is C32H36N6O7. The molecular weight excluding hydrogens is 580 g/mol. The Morgan fingerprint density at radius 3 is 2.62 bits per heavy atom. The van der Waals surface area contributed by atoms with Gasteiger partial charge in [-0.15, -0.1) is 0 Å². The molecule has 1 saturated heterocycles. The Morgan fingerprint density at radius 1 is 1.09 bits per heavy atom.